The maximum atomic E-state index is 11.8. The molecular formula is C16H22N6O5. The average molecular weight is 378 g/mol. The lowest BCUT2D eigenvalue weighted by Gasteiger charge is -2.13. The quantitative estimate of drug-likeness (QED) is 0.334. The van der Waals surface area contributed by atoms with Gasteiger partial charge in [0.1, 0.15) is 17.9 Å². The van der Waals surface area contributed by atoms with Crippen molar-refractivity contribution in [2.45, 2.75) is 44.6 Å². The summed E-state index contributed by atoms with van der Waals surface area (Å²) < 4.78 is 0. The Morgan fingerprint density at radius 2 is 1.89 bits per heavy atom. The number of nitrogens with one attached hydrogen (secondary N) is 3. The van der Waals surface area contributed by atoms with Crippen LogP contribution in [0.5, 0.6) is 0 Å². The van der Waals surface area contributed by atoms with Gasteiger partial charge in [0.2, 0.25) is 5.91 Å². The van der Waals surface area contributed by atoms with E-state index in [-0.39, 0.29) is 19.3 Å². The van der Waals surface area contributed by atoms with Crippen LogP contribution in [0.15, 0.2) is 12.7 Å². The molecule has 2 aromatic rings. The van der Waals surface area contributed by atoms with E-state index in [1.165, 1.54) is 6.33 Å². The number of aromatic nitrogens is 4. The summed E-state index contributed by atoms with van der Waals surface area (Å²) in [6.07, 6.45) is 4.88. The van der Waals surface area contributed by atoms with Gasteiger partial charge in [-0.05, 0) is 19.3 Å². The zero-order valence-corrected chi connectivity index (χ0v) is 14.6. The summed E-state index contributed by atoms with van der Waals surface area (Å²) in [7, 11) is 0. The molecule has 1 atom stereocenters. The largest absolute Gasteiger partial charge is 0.481 e. The molecule has 146 valence electrons. The lowest BCUT2D eigenvalue weighted by molar-refractivity contribution is -0.143. The maximum Gasteiger partial charge on any atom is 0.326 e. The minimum Gasteiger partial charge on any atom is -0.481 e. The number of amides is 1. The standard InChI is InChI=1S/C16H22N6O5/c23-11(22-10(16(26)27)5-6-12(24)25)4-2-1-3-7-17-14-13-15(19-8-18-13)21-9-20-14/h8-10H,1-7H2,(H,22,23)(H,24,25)(H,26,27)(H2,17,18,19,20,21)/t10-/m0/s1. The SMILES string of the molecule is O=C(O)CC[C@H](NC(=O)CCCCCNc1ncnc2nc[nH]c12)C(=O)O. The van der Waals surface area contributed by atoms with Crippen LogP contribution in [0.3, 0.4) is 0 Å². The Kier molecular flexibility index (Phi) is 7.47. The van der Waals surface area contributed by atoms with Crippen LogP contribution >= 0.6 is 0 Å². The maximum absolute atomic E-state index is 11.8. The summed E-state index contributed by atoms with van der Waals surface area (Å²) in [6, 6.07) is -1.18. The zero-order valence-electron chi connectivity index (χ0n) is 14.6. The molecule has 2 aromatic heterocycles. The number of rotatable bonds is 12. The molecule has 0 unspecified atom stereocenters. The highest BCUT2D eigenvalue weighted by molar-refractivity contribution is 5.84. The third kappa shape index (κ3) is 6.53. The number of carbonyl (C=O) groups is 3. The zero-order chi connectivity index (χ0) is 19.6. The molecule has 0 spiro atoms. The van der Waals surface area contributed by atoms with Gasteiger partial charge in [0.15, 0.2) is 11.5 Å². The number of carboxylic acids is 2. The fraction of sp³-hybridized carbons (Fsp3) is 0.500. The van der Waals surface area contributed by atoms with Crippen molar-refractivity contribution >= 4 is 34.8 Å². The monoisotopic (exact) mass is 378 g/mol. The van der Waals surface area contributed by atoms with Crippen molar-refractivity contribution < 1.29 is 24.6 Å². The van der Waals surface area contributed by atoms with Crippen LogP contribution in [-0.2, 0) is 14.4 Å². The fourth-order valence-electron chi connectivity index (χ4n) is 2.48. The molecule has 2 heterocycles. The first-order valence-electron chi connectivity index (χ1n) is 8.59. The van der Waals surface area contributed by atoms with Gasteiger partial charge in [-0.1, -0.05) is 6.42 Å². The van der Waals surface area contributed by atoms with Gasteiger partial charge >= 0.3 is 11.9 Å². The second kappa shape index (κ2) is 10.0. The Bertz CT molecular complexity index is 792. The number of anilines is 1. The number of H-pyrrole nitrogens is 1. The second-order valence-electron chi connectivity index (χ2n) is 5.95. The van der Waals surface area contributed by atoms with E-state index in [1.807, 2.05) is 0 Å². The molecule has 0 aliphatic heterocycles. The number of fused-ring (bicyclic) bond motifs is 1. The molecule has 0 saturated heterocycles. The Morgan fingerprint density at radius 3 is 2.63 bits per heavy atom. The molecular weight excluding hydrogens is 356 g/mol. The average Bonchev–Trinajstić information content (AvgIpc) is 3.10. The van der Waals surface area contributed by atoms with Gasteiger partial charge in [-0.15, -0.1) is 0 Å². The first-order valence-corrected chi connectivity index (χ1v) is 8.59. The lowest BCUT2D eigenvalue weighted by atomic mass is 10.1. The Labute approximate surface area is 154 Å². The van der Waals surface area contributed by atoms with E-state index in [4.69, 9.17) is 10.2 Å². The van der Waals surface area contributed by atoms with Gasteiger partial charge in [0.25, 0.3) is 0 Å². The van der Waals surface area contributed by atoms with Crippen molar-refractivity contribution in [1.82, 2.24) is 25.3 Å². The van der Waals surface area contributed by atoms with Crippen molar-refractivity contribution in [3.05, 3.63) is 12.7 Å². The normalized spacial score (nSPS) is 11.9. The van der Waals surface area contributed by atoms with Crippen molar-refractivity contribution in [2.24, 2.45) is 0 Å². The molecule has 1 amide bonds. The molecule has 0 radical (unpaired) electrons. The molecule has 0 fully saturated rings. The first kappa shape index (κ1) is 20.1. The highest BCUT2D eigenvalue weighted by Crippen LogP contribution is 2.14. The van der Waals surface area contributed by atoms with Crippen LogP contribution in [0, 0.1) is 0 Å². The van der Waals surface area contributed by atoms with E-state index in [9.17, 15) is 14.4 Å². The highest BCUT2D eigenvalue weighted by Gasteiger charge is 2.20. The molecule has 0 bridgehead atoms. The molecule has 0 aliphatic rings. The highest BCUT2D eigenvalue weighted by atomic mass is 16.4. The molecule has 5 N–H and O–H groups in total. The summed E-state index contributed by atoms with van der Waals surface area (Å²) in [5, 5.41) is 23.2. The topological polar surface area (TPSA) is 170 Å². The Hall–Kier alpha value is -3.24. The van der Waals surface area contributed by atoms with Gasteiger partial charge in [0, 0.05) is 19.4 Å². The number of carbonyl (C=O) groups excluding carboxylic acids is 1. The van der Waals surface area contributed by atoms with Gasteiger partial charge in [-0.2, -0.15) is 0 Å². The predicted molar refractivity (Wildman–Crippen MR) is 95.1 cm³/mol. The summed E-state index contributed by atoms with van der Waals surface area (Å²) >= 11 is 0. The smallest absolute Gasteiger partial charge is 0.326 e. The first-order chi connectivity index (χ1) is 13.0. The van der Waals surface area contributed by atoms with Crippen LogP contribution in [0.1, 0.15) is 38.5 Å². The molecule has 11 nitrogen and oxygen atoms in total. The lowest BCUT2D eigenvalue weighted by Crippen LogP contribution is -2.41. The number of aliphatic carboxylic acids is 2. The Balaban J connectivity index is 1.63. The van der Waals surface area contributed by atoms with Gasteiger partial charge in [-0.25, -0.2) is 19.7 Å². The summed E-state index contributed by atoms with van der Waals surface area (Å²) in [4.78, 5) is 48.6. The number of unbranched alkanes of at least 4 members (excludes halogenated alkanes) is 2. The summed E-state index contributed by atoms with van der Waals surface area (Å²) in [5.41, 5.74) is 1.32. The van der Waals surface area contributed by atoms with E-state index >= 15 is 0 Å². The van der Waals surface area contributed by atoms with Gasteiger partial charge in [-0.3, -0.25) is 9.59 Å². The van der Waals surface area contributed by atoms with Crippen LogP contribution in [0.4, 0.5) is 5.82 Å². The number of hydrogen-bond acceptors (Lipinski definition) is 7. The summed E-state index contributed by atoms with van der Waals surface area (Å²) in [6.45, 7) is 0.656. The minimum atomic E-state index is -1.23. The van der Waals surface area contributed by atoms with Crippen LogP contribution in [-0.4, -0.2) is 60.6 Å². The molecule has 2 rings (SSSR count). The predicted octanol–water partition coefficient (Wildman–Crippen LogP) is 0.759. The number of nitrogens with zero attached hydrogens (tertiary/aromatic N) is 3. The third-order valence-electron chi connectivity index (χ3n) is 3.88. The molecule has 11 heteroatoms. The van der Waals surface area contributed by atoms with Crippen LogP contribution in [0.25, 0.3) is 11.2 Å². The van der Waals surface area contributed by atoms with E-state index in [0.29, 0.717) is 24.4 Å². The van der Waals surface area contributed by atoms with Crippen molar-refractivity contribution in [3.63, 3.8) is 0 Å². The number of aromatic amines is 1. The number of hydrogen-bond donors (Lipinski definition) is 5. The van der Waals surface area contributed by atoms with Crippen LogP contribution in [0.2, 0.25) is 0 Å². The number of carboxylic acid groups (broad SMARTS) is 2. The van der Waals surface area contributed by atoms with Crippen LogP contribution < -0.4 is 10.6 Å². The fourth-order valence-corrected chi connectivity index (χ4v) is 2.48. The summed E-state index contributed by atoms with van der Waals surface area (Å²) in [5.74, 6) is -2.06. The third-order valence-corrected chi connectivity index (χ3v) is 3.88. The van der Waals surface area contributed by atoms with Crippen molar-refractivity contribution in [2.75, 3.05) is 11.9 Å². The van der Waals surface area contributed by atoms with Gasteiger partial charge < -0.3 is 25.8 Å². The van der Waals surface area contributed by atoms with E-state index in [2.05, 4.69) is 30.6 Å². The molecule has 0 aromatic carbocycles. The molecule has 27 heavy (non-hydrogen) atoms. The van der Waals surface area contributed by atoms with E-state index in [0.717, 1.165) is 18.4 Å². The molecule has 0 saturated carbocycles. The van der Waals surface area contributed by atoms with Crippen molar-refractivity contribution in [1.29, 1.82) is 0 Å². The van der Waals surface area contributed by atoms with E-state index < -0.39 is 23.9 Å². The molecule has 0 aliphatic carbocycles. The van der Waals surface area contributed by atoms with Gasteiger partial charge in [0.05, 0.1) is 6.33 Å². The minimum absolute atomic E-state index is 0.138. The van der Waals surface area contributed by atoms with E-state index in [1.54, 1.807) is 6.33 Å². The Morgan fingerprint density at radius 1 is 1.07 bits per heavy atom. The second-order valence-corrected chi connectivity index (χ2v) is 5.95. The number of imidazole rings is 1. The van der Waals surface area contributed by atoms with Crippen molar-refractivity contribution in [3.8, 4) is 0 Å².